The zero-order chi connectivity index (χ0) is 12.8. The van der Waals surface area contributed by atoms with Gasteiger partial charge in [0.25, 0.3) is 0 Å². The maximum absolute atomic E-state index is 12.1. The highest BCUT2D eigenvalue weighted by Gasteiger charge is 2.25. The van der Waals surface area contributed by atoms with Gasteiger partial charge in [-0.15, -0.1) is 12.4 Å². The molecule has 1 saturated carbocycles. The first kappa shape index (κ1) is 16.5. The average Bonchev–Trinajstić information content (AvgIpc) is 2.46. The summed E-state index contributed by atoms with van der Waals surface area (Å²) in [5, 5.41) is 6.41. The lowest BCUT2D eigenvalue weighted by atomic mass is 9.80. The van der Waals surface area contributed by atoms with Crippen LogP contribution in [0.4, 0.5) is 0 Å². The average molecular weight is 287 g/mol. The van der Waals surface area contributed by atoms with Crippen LogP contribution in [-0.2, 0) is 4.79 Å². The van der Waals surface area contributed by atoms with Crippen LogP contribution in [0.25, 0.3) is 0 Å². The van der Waals surface area contributed by atoms with Crippen LogP contribution in [0, 0.1) is 11.8 Å². The number of carbonyl (C=O) groups excluding carboxylic acids is 1. The van der Waals surface area contributed by atoms with E-state index < -0.39 is 0 Å². The number of halogens is 1. The predicted molar refractivity (Wildman–Crippen MR) is 81.6 cm³/mol. The molecule has 4 heteroatoms. The van der Waals surface area contributed by atoms with Crippen molar-refractivity contribution in [3.63, 3.8) is 0 Å². The second kappa shape index (κ2) is 8.60. The van der Waals surface area contributed by atoms with E-state index in [1.54, 1.807) is 0 Å². The predicted octanol–water partition coefficient (Wildman–Crippen LogP) is 2.66. The Hall–Kier alpha value is -0.540. The SMILES string of the molecule is CCC1CCC(C(=O)NCC2=CCNCC2)CC1.Cl. The van der Waals surface area contributed by atoms with E-state index in [-0.39, 0.29) is 24.2 Å². The monoisotopic (exact) mass is 286 g/mol. The summed E-state index contributed by atoms with van der Waals surface area (Å²) in [6.07, 6.45) is 9.20. The summed E-state index contributed by atoms with van der Waals surface area (Å²) in [6, 6.07) is 0. The molecule has 2 rings (SSSR count). The lowest BCUT2D eigenvalue weighted by molar-refractivity contribution is -0.126. The Morgan fingerprint density at radius 3 is 2.68 bits per heavy atom. The highest BCUT2D eigenvalue weighted by molar-refractivity contribution is 5.85. The van der Waals surface area contributed by atoms with Gasteiger partial charge >= 0.3 is 0 Å². The topological polar surface area (TPSA) is 41.1 Å². The van der Waals surface area contributed by atoms with E-state index in [2.05, 4.69) is 23.6 Å². The van der Waals surface area contributed by atoms with Crippen molar-refractivity contribution in [1.82, 2.24) is 10.6 Å². The van der Waals surface area contributed by atoms with Crippen LogP contribution in [0.3, 0.4) is 0 Å². The summed E-state index contributed by atoms with van der Waals surface area (Å²) in [4.78, 5) is 12.1. The van der Waals surface area contributed by atoms with Gasteiger partial charge in [-0.1, -0.05) is 25.0 Å². The second-order valence-corrected chi connectivity index (χ2v) is 5.66. The van der Waals surface area contributed by atoms with E-state index in [0.29, 0.717) is 0 Å². The molecule has 3 nitrogen and oxygen atoms in total. The van der Waals surface area contributed by atoms with Crippen LogP contribution >= 0.6 is 12.4 Å². The van der Waals surface area contributed by atoms with Crippen molar-refractivity contribution in [2.24, 2.45) is 11.8 Å². The largest absolute Gasteiger partial charge is 0.352 e. The maximum Gasteiger partial charge on any atom is 0.223 e. The third-order valence-electron chi connectivity index (χ3n) is 4.44. The first-order valence-electron chi connectivity index (χ1n) is 7.46. The first-order valence-corrected chi connectivity index (χ1v) is 7.46. The Labute approximate surface area is 123 Å². The van der Waals surface area contributed by atoms with Gasteiger partial charge in [0, 0.05) is 19.0 Å². The van der Waals surface area contributed by atoms with Crippen molar-refractivity contribution in [3.8, 4) is 0 Å². The molecule has 1 heterocycles. The highest BCUT2D eigenvalue weighted by atomic mass is 35.5. The van der Waals surface area contributed by atoms with Crippen LogP contribution in [0.2, 0.25) is 0 Å². The van der Waals surface area contributed by atoms with Gasteiger partial charge in [-0.05, 0) is 44.6 Å². The van der Waals surface area contributed by atoms with Gasteiger partial charge < -0.3 is 10.6 Å². The minimum Gasteiger partial charge on any atom is -0.352 e. The quantitative estimate of drug-likeness (QED) is 0.780. The van der Waals surface area contributed by atoms with Gasteiger partial charge in [0.15, 0.2) is 0 Å². The summed E-state index contributed by atoms with van der Waals surface area (Å²) in [7, 11) is 0. The zero-order valence-corrected chi connectivity index (χ0v) is 12.7. The molecule has 0 aromatic rings. The normalized spacial score (nSPS) is 27.1. The molecule has 2 aliphatic rings. The van der Waals surface area contributed by atoms with Gasteiger partial charge in [-0.2, -0.15) is 0 Å². The number of hydrogen-bond acceptors (Lipinski definition) is 2. The Balaban J connectivity index is 0.00000180. The fourth-order valence-corrected chi connectivity index (χ4v) is 3.01. The van der Waals surface area contributed by atoms with Crippen molar-refractivity contribution in [1.29, 1.82) is 0 Å². The van der Waals surface area contributed by atoms with Gasteiger partial charge in [0.1, 0.15) is 0 Å². The third kappa shape index (κ3) is 5.15. The number of amides is 1. The summed E-state index contributed by atoms with van der Waals surface area (Å²) in [5.74, 6) is 1.42. The zero-order valence-electron chi connectivity index (χ0n) is 11.9. The number of hydrogen-bond donors (Lipinski definition) is 2. The second-order valence-electron chi connectivity index (χ2n) is 5.66. The van der Waals surface area contributed by atoms with E-state index in [0.717, 1.165) is 44.8 Å². The van der Waals surface area contributed by atoms with Crippen LogP contribution < -0.4 is 10.6 Å². The molecule has 0 aromatic heterocycles. The summed E-state index contributed by atoms with van der Waals surface area (Å²) >= 11 is 0. The molecule has 1 aliphatic heterocycles. The summed E-state index contributed by atoms with van der Waals surface area (Å²) in [6.45, 7) is 5.01. The molecule has 0 bridgehead atoms. The molecule has 0 spiro atoms. The van der Waals surface area contributed by atoms with Crippen molar-refractivity contribution in [2.45, 2.75) is 45.4 Å². The highest BCUT2D eigenvalue weighted by Crippen LogP contribution is 2.30. The maximum atomic E-state index is 12.1. The van der Waals surface area contributed by atoms with E-state index in [1.165, 1.54) is 24.8 Å². The molecule has 0 saturated heterocycles. The van der Waals surface area contributed by atoms with Crippen molar-refractivity contribution in [2.75, 3.05) is 19.6 Å². The Bertz CT molecular complexity index is 309. The van der Waals surface area contributed by atoms with E-state index in [1.807, 2.05) is 0 Å². The number of rotatable bonds is 4. The molecule has 110 valence electrons. The molecule has 1 aliphatic carbocycles. The minimum absolute atomic E-state index is 0. The van der Waals surface area contributed by atoms with Gasteiger partial charge in [-0.25, -0.2) is 0 Å². The number of nitrogens with one attached hydrogen (secondary N) is 2. The molecular formula is C15H27ClN2O. The molecule has 19 heavy (non-hydrogen) atoms. The van der Waals surface area contributed by atoms with Crippen molar-refractivity contribution < 1.29 is 4.79 Å². The van der Waals surface area contributed by atoms with Crippen LogP contribution in [0.1, 0.15) is 45.4 Å². The molecule has 2 N–H and O–H groups in total. The standard InChI is InChI=1S/C15H26N2O.ClH/c1-2-12-3-5-14(6-4-12)15(18)17-11-13-7-9-16-10-8-13;/h7,12,14,16H,2-6,8-11H2,1H3,(H,17,18);1H. The Morgan fingerprint density at radius 1 is 1.37 bits per heavy atom. The van der Waals surface area contributed by atoms with Gasteiger partial charge in [0.05, 0.1) is 0 Å². The van der Waals surface area contributed by atoms with Crippen LogP contribution in [-0.4, -0.2) is 25.5 Å². The fourth-order valence-electron chi connectivity index (χ4n) is 3.01. The molecule has 0 aromatic carbocycles. The first-order chi connectivity index (χ1) is 8.79. The van der Waals surface area contributed by atoms with E-state index >= 15 is 0 Å². The smallest absolute Gasteiger partial charge is 0.223 e. The molecular weight excluding hydrogens is 260 g/mol. The molecule has 0 unspecified atom stereocenters. The Morgan fingerprint density at radius 2 is 2.11 bits per heavy atom. The van der Waals surface area contributed by atoms with Crippen molar-refractivity contribution >= 4 is 18.3 Å². The van der Waals surface area contributed by atoms with Crippen LogP contribution in [0.5, 0.6) is 0 Å². The lowest BCUT2D eigenvalue weighted by Gasteiger charge is -2.27. The Kier molecular flexibility index (Phi) is 7.47. The minimum atomic E-state index is 0. The lowest BCUT2D eigenvalue weighted by Crippen LogP contribution is -2.35. The molecule has 1 amide bonds. The molecule has 0 radical (unpaired) electrons. The van der Waals surface area contributed by atoms with E-state index in [4.69, 9.17) is 0 Å². The van der Waals surface area contributed by atoms with E-state index in [9.17, 15) is 4.79 Å². The summed E-state index contributed by atoms with van der Waals surface area (Å²) < 4.78 is 0. The van der Waals surface area contributed by atoms with Gasteiger partial charge in [0.2, 0.25) is 5.91 Å². The summed E-state index contributed by atoms with van der Waals surface area (Å²) in [5.41, 5.74) is 1.38. The number of carbonyl (C=O) groups is 1. The molecule has 1 fully saturated rings. The molecule has 0 atom stereocenters. The van der Waals surface area contributed by atoms with Crippen molar-refractivity contribution in [3.05, 3.63) is 11.6 Å². The third-order valence-corrected chi connectivity index (χ3v) is 4.44. The fraction of sp³-hybridized carbons (Fsp3) is 0.800. The van der Waals surface area contributed by atoms with Gasteiger partial charge in [-0.3, -0.25) is 4.79 Å². The van der Waals surface area contributed by atoms with Crippen LogP contribution in [0.15, 0.2) is 11.6 Å².